The lowest BCUT2D eigenvalue weighted by Crippen LogP contribution is -2.31. The van der Waals surface area contributed by atoms with E-state index in [1.807, 2.05) is 21.3 Å². The standard InChI is InChI=1S/C25H35BrN2O6.C25H34N2O6/c1-16(2)19(28-10-9-20(29)18(15-28)24(30)34-25(3,4)5)13-17-14-21(33-12-8-11-31-6)23(32-7)27-22(17)26;1-15(2)18-11-16-12-21(32-10-8-9-30-6)23(31-7)26-22(16)19-13-20(28)17(14-27(18)19)24(29)33-25(3,4)5/h9-10,14-16,19H,8,11-13H2,1-7H3;12-15,18H,8-11H2,1-7H3/t19-;18-/m00/s1. The second-order valence-corrected chi connectivity index (χ2v) is 19.6. The second-order valence-electron chi connectivity index (χ2n) is 18.9. The molecule has 0 spiro atoms. The van der Waals surface area contributed by atoms with Gasteiger partial charge in [0.1, 0.15) is 26.9 Å². The number of hydrogen-bond donors (Lipinski definition) is 0. The van der Waals surface area contributed by atoms with Gasteiger partial charge < -0.3 is 47.0 Å². The first-order valence-corrected chi connectivity index (χ1v) is 23.3. The van der Waals surface area contributed by atoms with E-state index in [2.05, 4.69) is 53.6 Å². The fourth-order valence-electron chi connectivity index (χ4n) is 7.29. The first-order valence-electron chi connectivity index (χ1n) is 22.5. The summed E-state index contributed by atoms with van der Waals surface area (Å²) in [6.07, 6.45) is 7.65. The van der Waals surface area contributed by atoms with E-state index in [-0.39, 0.29) is 40.5 Å². The van der Waals surface area contributed by atoms with Crippen LogP contribution >= 0.6 is 15.9 Å². The third-order valence-corrected chi connectivity index (χ3v) is 11.2. The summed E-state index contributed by atoms with van der Waals surface area (Å²) in [6.45, 7) is 21.2. The lowest BCUT2D eigenvalue weighted by Gasteiger charge is -2.33. The summed E-state index contributed by atoms with van der Waals surface area (Å²) in [7, 11) is 6.39. The zero-order valence-corrected chi connectivity index (χ0v) is 43.2. The Balaban J connectivity index is 0.000000293. The highest BCUT2D eigenvalue weighted by molar-refractivity contribution is 9.10. The number of methoxy groups -OCH3 is 4. The van der Waals surface area contributed by atoms with Gasteiger partial charge in [0.25, 0.3) is 11.8 Å². The van der Waals surface area contributed by atoms with E-state index >= 15 is 0 Å². The summed E-state index contributed by atoms with van der Waals surface area (Å²) in [6, 6.07) is 6.70. The molecule has 16 nitrogen and oxygen atoms in total. The highest BCUT2D eigenvalue weighted by atomic mass is 79.9. The van der Waals surface area contributed by atoms with Crippen molar-refractivity contribution in [3.63, 3.8) is 0 Å². The molecule has 1 aliphatic rings. The van der Waals surface area contributed by atoms with Crippen LogP contribution in [0.3, 0.4) is 0 Å². The Morgan fingerprint density at radius 1 is 0.746 bits per heavy atom. The van der Waals surface area contributed by atoms with Gasteiger partial charge >= 0.3 is 11.9 Å². The molecule has 0 aromatic carbocycles. The van der Waals surface area contributed by atoms with Gasteiger partial charge in [-0.25, -0.2) is 19.6 Å². The lowest BCUT2D eigenvalue weighted by molar-refractivity contribution is 0.00542. The maximum atomic E-state index is 12.9. The average molecular weight is 998 g/mol. The van der Waals surface area contributed by atoms with E-state index in [0.29, 0.717) is 78.5 Å². The van der Waals surface area contributed by atoms with Crippen LogP contribution in [0.15, 0.2) is 57.0 Å². The molecule has 0 aliphatic carbocycles. The van der Waals surface area contributed by atoms with E-state index in [1.165, 1.54) is 19.2 Å². The Bertz CT molecular complexity index is 2430. The molecule has 0 N–H and O–H groups in total. The van der Waals surface area contributed by atoms with Crippen molar-refractivity contribution in [1.82, 2.24) is 19.1 Å². The maximum absolute atomic E-state index is 12.9. The Morgan fingerprint density at radius 2 is 1.28 bits per heavy atom. The summed E-state index contributed by atoms with van der Waals surface area (Å²) < 4.78 is 48.2. The monoisotopic (exact) mass is 996 g/mol. The van der Waals surface area contributed by atoms with Crippen molar-refractivity contribution in [1.29, 1.82) is 0 Å². The van der Waals surface area contributed by atoms with Crippen LogP contribution < -0.4 is 29.8 Å². The van der Waals surface area contributed by atoms with Crippen molar-refractivity contribution < 1.29 is 47.5 Å². The molecule has 4 aromatic heterocycles. The zero-order chi connectivity index (χ0) is 49.8. The van der Waals surface area contributed by atoms with Crippen molar-refractivity contribution in [3.8, 4) is 34.6 Å². The summed E-state index contributed by atoms with van der Waals surface area (Å²) in [5.74, 6) is 1.04. The molecule has 1 aliphatic heterocycles. The topological polar surface area (TPSA) is 178 Å². The number of hydrogen-bond acceptors (Lipinski definition) is 14. The van der Waals surface area contributed by atoms with Crippen LogP contribution in [0.1, 0.15) is 126 Å². The quantitative estimate of drug-likeness (QED) is 0.0494. The normalized spacial score (nSPS) is 13.8. The van der Waals surface area contributed by atoms with Crippen LogP contribution in [0, 0.1) is 11.8 Å². The van der Waals surface area contributed by atoms with Crippen molar-refractivity contribution in [3.05, 3.63) is 90.2 Å². The van der Waals surface area contributed by atoms with E-state index < -0.39 is 28.6 Å². The molecule has 67 heavy (non-hydrogen) atoms. The van der Waals surface area contributed by atoms with Gasteiger partial charge in [0.2, 0.25) is 0 Å². The van der Waals surface area contributed by atoms with Gasteiger partial charge in [-0.05, 0) is 105 Å². The van der Waals surface area contributed by atoms with E-state index in [0.717, 1.165) is 24.0 Å². The van der Waals surface area contributed by atoms with E-state index in [4.69, 9.17) is 37.9 Å². The molecule has 0 amide bonds. The van der Waals surface area contributed by atoms with E-state index in [1.54, 1.807) is 81.5 Å². The number of pyridine rings is 4. The average Bonchev–Trinajstić information content (AvgIpc) is 3.24. The molecule has 0 saturated carbocycles. The summed E-state index contributed by atoms with van der Waals surface area (Å²) in [5.41, 5.74) is 1.07. The molecule has 4 aromatic rings. The minimum atomic E-state index is -0.694. The van der Waals surface area contributed by atoms with E-state index in [9.17, 15) is 19.2 Å². The predicted molar refractivity (Wildman–Crippen MR) is 259 cm³/mol. The first kappa shape index (κ1) is 54.3. The van der Waals surface area contributed by atoms with Gasteiger partial charge in [-0.2, -0.15) is 0 Å². The van der Waals surface area contributed by atoms with Crippen LogP contribution in [0.25, 0.3) is 11.4 Å². The number of nitrogens with zero attached hydrogens (tertiary/aromatic N) is 4. The maximum Gasteiger partial charge on any atom is 0.344 e. The highest BCUT2D eigenvalue weighted by Crippen LogP contribution is 2.41. The predicted octanol–water partition coefficient (Wildman–Crippen LogP) is 8.87. The third kappa shape index (κ3) is 15.1. The smallest absolute Gasteiger partial charge is 0.344 e. The molecule has 2 atom stereocenters. The molecule has 5 heterocycles. The van der Waals surface area contributed by atoms with Crippen LogP contribution in [-0.2, 0) is 31.8 Å². The van der Waals surface area contributed by atoms with Gasteiger partial charge in [0, 0.05) is 83.1 Å². The molecule has 0 unspecified atom stereocenters. The second kappa shape index (κ2) is 24.2. The fourth-order valence-corrected chi connectivity index (χ4v) is 7.72. The van der Waals surface area contributed by atoms with Gasteiger partial charge in [-0.1, -0.05) is 27.7 Å². The highest BCUT2D eigenvalue weighted by Gasteiger charge is 2.32. The van der Waals surface area contributed by atoms with Crippen LogP contribution in [0.2, 0.25) is 0 Å². The SMILES string of the molecule is COCCCOc1cc(C[C@@H](C(C)C)n2ccc(=O)c(C(=O)OC(C)(C)C)c2)c(Br)nc1OC.COCCCOc1cc2c(nc1OC)-c1cc(=O)c(C(=O)OC(C)(C)C)cn1[C@H](C(C)C)C2. The molecule has 17 heteroatoms. The lowest BCUT2D eigenvalue weighted by atomic mass is 9.89. The van der Waals surface area contributed by atoms with Gasteiger partial charge in [0.05, 0.1) is 38.8 Å². The van der Waals surface area contributed by atoms with Gasteiger partial charge in [-0.3, -0.25) is 9.59 Å². The number of carbonyl (C=O) groups excluding carboxylic acids is 2. The summed E-state index contributed by atoms with van der Waals surface area (Å²) in [4.78, 5) is 59.8. The molecular formula is C50H69BrN4O12. The van der Waals surface area contributed by atoms with Crippen LogP contribution in [-0.4, -0.2) is 97.1 Å². The molecule has 0 saturated heterocycles. The Hall–Kier alpha value is -5.26. The number of ether oxygens (including phenoxy) is 8. The number of carbonyl (C=O) groups is 2. The van der Waals surface area contributed by atoms with Gasteiger partial charge in [0.15, 0.2) is 22.4 Å². The van der Waals surface area contributed by atoms with Crippen molar-refractivity contribution in [2.75, 3.05) is 54.9 Å². The molecule has 0 radical (unpaired) electrons. The van der Waals surface area contributed by atoms with Crippen LogP contribution in [0.4, 0.5) is 0 Å². The molecular weight excluding hydrogens is 928 g/mol. The largest absolute Gasteiger partial charge is 0.488 e. The number of fused-ring (bicyclic) bond motifs is 3. The minimum Gasteiger partial charge on any atom is -0.488 e. The minimum absolute atomic E-state index is 0.0113. The van der Waals surface area contributed by atoms with Gasteiger partial charge in [-0.15, -0.1) is 0 Å². The molecule has 5 rings (SSSR count). The molecule has 0 fully saturated rings. The Kier molecular flexibility index (Phi) is 19.6. The molecule has 368 valence electrons. The van der Waals surface area contributed by atoms with Crippen molar-refractivity contribution in [2.45, 2.75) is 118 Å². The third-order valence-electron chi connectivity index (χ3n) is 10.5. The Morgan fingerprint density at radius 3 is 1.79 bits per heavy atom. The van der Waals surface area contributed by atoms with Crippen molar-refractivity contribution >= 4 is 27.9 Å². The number of halogens is 1. The Labute approximate surface area is 402 Å². The number of aromatic nitrogens is 4. The summed E-state index contributed by atoms with van der Waals surface area (Å²) in [5, 5.41) is 0. The molecule has 0 bridgehead atoms. The number of esters is 2. The summed E-state index contributed by atoms with van der Waals surface area (Å²) >= 11 is 3.55. The van der Waals surface area contributed by atoms with Crippen LogP contribution in [0.5, 0.6) is 23.3 Å². The van der Waals surface area contributed by atoms with Crippen molar-refractivity contribution in [2.24, 2.45) is 11.8 Å². The number of rotatable bonds is 19. The fraction of sp³-hybridized carbons (Fsp3) is 0.560. The zero-order valence-electron chi connectivity index (χ0n) is 41.6. The first-order chi connectivity index (χ1) is 31.5.